The number of aryl methyl sites for hydroxylation is 2. The smallest absolute Gasteiger partial charge is 0.308 e. The number of aromatic nitrogens is 2. The van der Waals surface area contributed by atoms with E-state index in [0.29, 0.717) is 12.4 Å². The van der Waals surface area contributed by atoms with Gasteiger partial charge in [-0.05, 0) is 38.8 Å². The van der Waals surface area contributed by atoms with E-state index in [4.69, 9.17) is 0 Å². The van der Waals surface area contributed by atoms with Crippen molar-refractivity contribution in [1.82, 2.24) is 9.97 Å². The van der Waals surface area contributed by atoms with Crippen LogP contribution in [0.2, 0.25) is 0 Å². The van der Waals surface area contributed by atoms with Crippen molar-refractivity contribution in [3.05, 3.63) is 41.7 Å². The van der Waals surface area contributed by atoms with Gasteiger partial charge in [-0.2, -0.15) is 0 Å². The molecular weight excluding hydrogens is 304 g/mol. The van der Waals surface area contributed by atoms with E-state index in [-0.39, 0.29) is 5.92 Å². The number of carbonyl (C=O) groups is 1. The summed E-state index contributed by atoms with van der Waals surface area (Å²) in [6.45, 7) is 5.22. The minimum absolute atomic E-state index is 0.331. The molecule has 0 saturated carbocycles. The van der Waals surface area contributed by atoms with Gasteiger partial charge in [-0.15, -0.1) is 0 Å². The van der Waals surface area contributed by atoms with E-state index < -0.39 is 5.97 Å². The Morgan fingerprint density at radius 1 is 1.25 bits per heavy atom. The SMILES string of the molecule is Cc1ccc(Nc2cc(N3CCCC(C(=O)O)C3)nc(C)n2)cc1. The summed E-state index contributed by atoms with van der Waals surface area (Å²) in [5.41, 5.74) is 2.17. The van der Waals surface area contributed by atoms with Gasteiger partial charge < -0.3 is 15.3 Å². The van der Waals surface area contributed by atoms with Crippen molar-refractivity contribution in [3.63, 3.8) is 0 Å². The number of hydrogen-bond acceptors (Lipinski definition) is 5. The minimum Gasteiger partial charge on any atom is -0.481 e. The molecule has 2 aromatic rings. The molecule has 1 saturated heterocycles. The number of aliphatic carboxylic acids is 1. The fourth-order valence-electron chi connectivity index (χ4n) is 2.95. The van der Waals surface area contributed by atoms with E-state index in [9.17, 15) is 9.90 Å². The maximum atomic E-state index is 11.3. The first-order valence-electron chi connectivity index (χ1n) is 8.18. The zero-order valence-corrected chi connectivity index (χ0v) is 14.0. The van der Waals surface area contributed by atoms with Crippen molar-refractivity contribution >= 4 is 23.3 Å². The lowest BCUT2D eigenvalue weighted by atomic mass is 9.98. The lowest BCUT2D eigenvalue weighted by molar-refractivity contribution is -0.141. The quantitative estimate of drug-likeness (QED) is 0.899. The molecule has 1 aliphatic heterocycles. The zero-order chi connectivity index (χ0) is 17.1. The molecule has 0 aliphatic carbocycles. The first kappa shape index (κ1) is 16.2. The molecule has 3 rings (SSSR count). The number of piperidine rings is 1. The number of benzene rings is 1. The van der Waals surface area contributed by atoms with Crippen LogP contribution in [0.25, 0.3) is 0 Å². The summed E-state index contributed by atoms with van der Waals surface area (Å²) >= 11 is 0. The van der Waals surface area contributed by atoms with Crippen LogP contribution >= 0.6 is 0 Å². The van der Waals surface area contributed by atoms with E-state index in [2.05, 4.69) is 15.3 Å². The third-order valence-electron chi connectivity index (χ3n) is 4.24. The minimum atomic E-state index is -0.733. The van der Waals surface area contributed by atoms with E-state index in [0.717, 1.165) is 36.7 Å². The number of nitrogens with one attached hydrogen (secondary N) is 1. The van der Waals surface area contributed by atoms with Crippen molar-refractivity contribution in [1.29, 1.82) is 0 Å². The molecule has 1 fully saturated rings. The second kappa shape index (κ2) is 6.86. The topological polar surface area (TPSA) is 78.4 Å². The Hall–Kier alpha value is -2.63. The third-order valence-corrected chi connectivity index (χ3v) is 4.24. The monoisotopic (exact) mass is 326 g/mol. The Kier molecular flexibility index (Phi) is 4.64. The lowest BCUT2D eigenvalue weighted by Gasteiger charge is -2.31. The van der Waals surface area contributed by atoms with Gasteiger partial charge in [0.05, 0.1) is 5.92 Å². The second-order valence-electron chi connectivity index (χ2n) is 6.27. The number of carboxylic acids is 1. The van der Waals surface area contributed by atoms with Crippen LogP contribution in [-0.4, -0.2) is 34.1 Å². The van der Waals surface area contributed by atoms with Crippen molar-refractivity contribution in [3.8, 4) is 0 Å². The van der Waals surface area contributed by atoms with Gasteiger partial charge in [-0.25, -0.2) is 9.97 Å². The Morgan fingerprint density at radius 3 is 2.71 bits per heavy atom. The predicted molar refractivity (Wildman–Crippen MR) is 93.8 cm³/mol. The maximum Gasteiger partial charge on any atom is 0.308 e. The van der Waals surface area contributed by atoms with Crippen LogP contribution < -0.4 is 10.2 Å². The average Bonchev–Trinajstić information content (AvgIpc) is 2.56. The predicted octanol–water partition coefficient (Wildman–Crippen LogP) is 3.14. The molecule has 6 heteroatoms. The van der Waals surface area contributed by atoms with Crippen LogP contribution in [-0.2, 0) is 4.79 Å². The van der Waals surface area contributed by atoms with Gasteiger partial charge in [0.25, 0.3) is 0 Å². The normalized spacial score (nSPS) is 17.6. The number of anilines is 3. The average molecular weight is 326 g/mol. The largest absolute Gasteiger partial charge is 0.481 e. The van der Waals surface area contributed by atoms with Gasteiger partial charge in [-0.3, -0.25) is 4.79 Å². The van der Waals surface area contributed by atoms with E-state index in [1.807, 2.05) is 49.1 Å². The van der Waals surface area contributed by atoms with Gasteiger partial charge in [0.1, 0.15) is 17.5 Å². The first-order valence-corrected chi connectivity index (χ1v) is 8.18. The van der Waals surface area contributed by atoms with Gasteiger partial charge in [0.2, 0.25) is 0 Å². The van der Waals surface area contributed by atoms with E-state index >= 15 is 0 Å². The molecule has 1 aliphatic rings. The van der Waals surface area contributed by atoms with Crippen LogP contribution in [0.3, 0.4) is 0 Å². The standard InChI is InChI=1S/C18H22N4O2/c1-12-5-7-15(8-6-12)21-16-10-17(20-13(2)19-16)22-9-3-4-14(11-22)18(23)24/h5-8,10,14H,3-4,9,11H2,1-2H3,(H,23,24)(H,19,20,21). The van der Waals surface area contributed by atoms with Crippen molar-refractivity contribution in [2.45, 2.75) is 26.7 Å². The molecule has 0 bridgehead atoms. The second-order valence-corrected chi connectivity index (χ2v) is 6.27. The fraction of sp³-hybridized carbons (Fsp3) is 0.389. The van der Waals surface area contributed by atoms with Gasteiger partial charge in [-0.1, -0.05) is 17.7 Å². The fourth-order valence-corrected chi connectivity index (χ4v) is 2.95. The third kappa shape index (κ3) is 3.82. The van der Waals surface area contributed by atoms with Crippen molar-refractivity contribution < 1.29 is 9.90 Å². The molecule has 0 amide bonds. The Balaban J connectivity index is 1.80. The Labute approximate surface area is 141 Å². The lowest BCUT2D eigenvalue weighted by Crippen LogP contribution is -2.39. The zero-order valence-electron chi connectivity index (χ0n) is 14.0. The molecule has 1 aromatic heterocycles. The Bertz CT molecular complexity index is 730. The summed E-state index contributed by atoms with van der Waals surface area (Å²) in [5.74, 6) is 1.10. The number of rotatable bonds is 4. The summed E-state index contributed by atoms with van der Waals surface area (Å²) in [7, 11) is 0. The number of carboxylic acid groups (broad SMARTS) is 1. The highest BCUT2D eigenvalue weighted by atomic mass is 16.4. The van der Waals surface area contributed by atoms with Crippen LogP contribution in [0.1, 0.15) is 24.2 Å². The highest BCUT2D eigenvalue weighted by molar-refractivity contribution is 5.71. The van der Waals surface area contributed by atoms with Gasteiger partial charge in [0, 0.05) is 24.8 Å². The molecule has 2 N–H and O–H groups in total. The highest BCUT2D eigenvalue weighted by Crippen LogP contribution is 2.25. The van der Waals surface area contributed by atoms with Crippen molar-refractivity contribution in [2.75, 3.05) is 23.3 Å². The summed E-state index contributed by atoms with van der Waals surface area (Å²) in [6.07, 6.45) is 1.59. The van der Waals surface area contributed by atoms with Crippen LogP contribution in [0, 0.1) is 19.8 Å². The van der Waals surface area contributed by atoms with Crippen LogP contribution in [0.15, 0.2) is 30.3 Å². The number of hydrogen-bond donors (Lipinski definition) is 2. The molecule has 0 radical (unpaired) electrons. The molecule has 6 nitrogen and oxygen atoms in total. The molecule has 1 atom stereocenters. The van der Waals surface area contributed by atoms with E-state index in [1.165, 1.54) is 5.56 Å². The first-order chi connectivity index (χ1) is 11.5. The van der Waals surface area contributed by atoms with Gasteiger partial charge in [0.15, 0.2) is 0 Å². The van der Waals surface area contributed by atoms with E-state index in [1.54, 1.807) is 0 Å². The van der Waals surface area contributed by atoms with Crippen LogP contribution in [0.4, 0.5) is 17.3 Å². The molecule has 126 valence electrons. The molecule has 24 heavy (non-hydrogen) atoms. The highest BCUT2D eigenvalue weighted by Gasteiger charge is 2.26. The molecule has 2 heterocycles. The molecule has 1 aromatic carbocycles. The molecule has 0 spiro atoms. The summed E-state index contributed by atoms with van der Waals surface area (Å²) in [5, 5.41) is 12.5. The summed E-state index contributed by atoms with van der Waals surface area (Å²) in [4.78, 5) is 22.2. The van der Waals surface area contributed by atoms with Gasteiger partial charge >= 0.3 is 5.97 Å². The summed E-state index contributed by atoms with van der Waals surface area (Å²) < 4.78 is 0. The molecule has 1 unspecified atom stereocenters. The maximum absolute atomic E-state index is 11.3. The Morgan fingerprint density at radius 2 is 2.00 bits per heavy atom. The van der Waals surface area contributed by atoms with Crippen LogP contribution in [0.5, 0.6) is 0 Å². The molecular formula is C18H22N4O2. The number of nitrogens with zero attached hydrogens (tertiary/aromatic N) is 3. The summed E-state index contributed by atoms with van der Waals surface area (Å²) in [6, 6.07) is 9.98. The van der Waals surface area contributed by atoms with Crippen molar-refractivity contribution in [2.24, 2.45) is 5.92 Å².